The van der Waals surface area contributed by atoms with Gasteiger partial charge in [0.15, 0.2) is 11.5 Å². The summed E-state index contributed by atoms with van der Waals surface area (Å²) in [5.41, 5.74) is 0.929. The van der Waals surface area contributed by atoms with Gasteiger partial charge in [-0.1, -0.05) is 6.07 Å². The van der Waals surface area contributed by atoms with Crippen molar-refractivity contribution in [2.24, 2.45) is 0 Å². The van der Waals surface area contributed by atoms with Crippen molar-refractivity contribution in [1.82, 2.24) is 30.0 Å². The van der Waals surface area contributed by atoms with Crippen molar-refractivity contribution in [2.45, 2.75) is 12.8 Å². The number of amides is 1. The van der Waals surface area contributed by atoms with Crippen LogP contribution in [0.1, 0.15) is 22.6 Å². The number of ether oxygens (including phenoxy) is 1. The predicted molar refractivity (Wildman–Crippen MR) is 114 cm³/mol. The second-order valence-corrected chi connectivity index (χ2v) is 7.36. The van der Waals surface area contributed by atoms with E-state index in [2.05, 4.69) is 30.8 Å². The van der Waals surface area contributed by atoms with Crippen molar-refractivity contribution in [3.8, 4) is 0 Å². The fourth-order valence-electron chi connectivity index (χ4n) is 3.45. The minimum absolute atomic E-state index is 0.285. The second-order valence-electron chi connectivity index (χ2n) is 7.36. The average molecular weight is 427 g/mol. The van der Waals surface area contributed by atoms with Gasteiger partial charge in [0.1, 0.15) is 11.6 Å². The van der Waals surface area contributed by atoms with Crippen LogP contribution >= 0.6 is 0 Å². The molecule has 1 aliphatic heterocycles. The Kier molecular flexibility index (Phi) is 7.00. The Bertz CT molecular complexity index is 1020. The number of aromatic nitrogens is 4. The molecule has 1 aliphatic rings. The lowest BCUT2D eigenvalue weighted by molar-refractivity contribution is 0.0378. The third kappa shape index (κ3) is 5.74. The monoisotopic (exact) mass is 427 g/mol. The summed E-state index contributed by atoms with van der Waals surface area (Å²) in [6.07, 6.45) is 1.47. The zero-order valence-corrected chi connectivity index (χ0v) is 17.3. The molecule has 0 bridgehead atoms. The highest BCUT2D eigenvalue weighted by molar-refractivity contribution is 5.94. The molecule has 10 heteroatoms. The van der Waals surface area contributed by atoms with Gasteiger partial charge in [-0.15, -0.1) is 15.3 Å². The molecule has 0 aliphatic carbocycles. The first kappa shape index (κ1) is 21.1. The van der Waals surface area contributed by atoms with E-state index < -0.39 is 5.82 Å². The fraction of sp³-hybridized carbons (Fsp3) is 0.429. The first-order chi connectivity index (χ1) is 15.2. The predicted octanol–water partition coefficient (Wildman–Crippen LogP) is 1.37. The Hall–Kier alpha value is -3.11. The molecule has 0 unspecified atom stereocenters. The van der Waals surface area contributed by atoms with E-state index in [4.69, 9.17) is 4.74 Å². The summed E-state index contributed by atoms with van der Waals surface area (Å²) in [6, 6.07) is 9.34. The third-order valence-electron chi connectivity index (χ3n) is 5.11. The zero-order valence-electron chi connectivity index (χ0n) is 17.3. The maximum Gasteiger partial charge on any atom is 0.251 e. The molecular formula is C21H26FN7O2. The smallest absolute Gasteiger partial charge is 0.251 e. The van der Waals surface area contributed by atoms with E-state index in [9.17, 15) is 9.18 Å². The fourth-order valence-corrected chi connectivity index (χ4v) is 3.45. The number of hydrogen-bond acceptors (Lipinski definition) is 7. The Balaban J connectivity index is 1.28. The molecule has 0 atom stereocenters. The number of anilines is 1. The van der Waals surface area contributed by atoms with Crippen LogP contribution in [0, 0.1) is 5.82 Å². The van der Waals surface area contributed by atoms with Crippen molar-refractivity contribution in [2.75, 3.05) is 51.3 Å². The molecular weight excluding hydrogens is 401 g/mol. The quantitative estimate of drug-likeness (QED) is 0.498. The molecule has 1 amide bonds. The van der Waals surface area contributed by atoms with Gasteiger partial charge >= 0.3 is 0 Å². The lowest BCUT2D eigenvalue weighted by Crippen LogP contribution is -2.37. The van der Waals surface area contributed by atoms with E-state index in [0.717, 1.165) is 51.6 Å². The largest absolute Gasteiger partial charge is 0.379 e. The molecule has 1 fully saturated rings. The van der Waals surface area contributed by atoms with E-state index in [1.54, 1.807) is 10.6 Å². The minimum Gasteiger partial charge on any atom is -0.379 e. The van der Waals surface area contributed by atoms with Crippen LogP contribution in [0.5, 0.6) is 0 Å². The van der Waals surface area contributed by atoms with E-state index >= 15 is 0 Å². The van der Waals surface area contributed by atoms with Crippen LogP contribution in [0.25, 0.3) is 5.65 Å². The number of carbonyl (C=O) groups is 1. The number of carbonyl (C=O) groups excluding carboxylic acids is 1. The van der Waals surface area contributed by atoms with Gasteiger partial charge in [0, 0.05) is 38.2 Å². The van der Waals surface area contributed by atoms with E-state index in [-0.39, 0.29) is 11.5 Å². The Morgan fingerprint density at radius 3 is 2.84 bits per heavy atom. The molecule has 0 radical (unpaired) electrons. The number of morpholine rings is 1. The van der Waals surface area contributed by atoms with Crippen molar-refractivity contribution >= 4 is 17.4 Å². The topological polar surface area (TPSA) is 96.7 Å². The highest BCUT2D eigenvalue weighted by Gasteiger charge is 2.11. The van der Waals surface area contributed by atoms with E-state index in [1.807, 2.05) is 12.1 Å². The lowest BCUT2D eigenvalue weighted by atomic mass is 10.2. The van der Waals surface area contributed by atoms with Gasteiger partial charge in [-0.2, -0.15) is 4.52 Å². The van der Waals surface area contributed by atoms with Gasteiger partial charge in [-0.25, -0.2) is 4.39 Å². The second kappa shape index (κ2) is 10.3. The van der Waals surface area contributed by atoms with Gasteiger partial charge in [-0.05, 0) is 43.3 Å². The summed E-state index contributed by atoms with van der Waals surface area (Å²) in [5.74, 6) is 0.625. The number of benzene rings is 1. The molecule has 1 aromatic carbocycles. The standard InChI is InChI=1S/C21H26FN7O2/c22-17-4-1-3-16(15-17)21(30)24-9-7-20-26-25-19-6-5-18(27-29(19)20)23-8-2-10-28-11-13-31-14-12-28/h1,3-6,15H,2,7-14H2,(H,23,27)(H,24,30). The van der Waals surface area contributed by atoms with Gasteiger partial charge in [0.2, 0.25) is 0 Å². The Labute approximate surface area is 179 Å². The van der Waals surface area contributed by atoms with Crippen molar-refractivity contribution in [1.29, 1.82) is 0 Å². The van der Waals surface area contributed by atoms with E-state index in [0.29, 0.717) is 24.4 Å². The third-order valence-corrected chi connectivity index (χ3v) is 5.11. The molecule has 3 aromatic rings. The Morgan fingerprint density at radius 2 is 2.00 bits per heavy atom. The number of hydrogen-bond donors (Lipinski definition) is 2. The molecule has 4 rings (SSSR count). The molecule has 31 heavy (non-hydrogen) atoms. The summed E-state index contributed by atoms with van der Waals surface area (Å²) in [4.78, 5) is 14.5. The number of nitrogens with zero attached hydrogens (tertiary/aromatic N) is 5. The van der Waals surface area contributed by atoms with Crippen molar-refractivity contribution in [3.05, 3.63) is 53.6 Å². The van der Waals surface area contributed by atoms with Gasteiger partial charge < -0.3 is 15.4 Å². The van der Waals surface area contributed by atoms with Crippen LogP contribution in [0.4, 0.5) is 10.2 Å². The van der Waals surface area contributed by atoms with Crippen molar-refractivity contribution < 1.29 is 13.9 Å². The molecule has 3 heterocycles. The molecule has 2 aromatic heterocycles. The first-order valence-corrected chi connectivity index (χ1v) is 10.5. The number of halogens is 1. The van der Waals surface area contributed by atoms with E-state index in [1.165, 1.54) is 18.2 Å². The minimum atomic E-state index is -0.440. The molecule has 0 spiro atoms. The van der Waals surface area contributed by atoms with Crippen molar-refractivity contribution in [3.63, 3.8) is 0 Å². The van der Waals surface area contributed by atoms with Crippen LogP contribution in [0.15, 0.2) is 36.4 Å². The highest BCUT2D eigenvalue weighted by Crippen LogP contribution is 2.08. The van der Waals surface area contributed by atoms with Crippen LogP contribution < -0.4 is 10.6 Å². The molecule has 1 saturated heterocycles. The number of rotatable bonds is 9. The lowest BCUT2D eigenvalue weighted by Gasteiger charge is -2.26. The highest BCUT2D eigenvalue weighted by atomic mass is 19.1. The maximum absolute atomic E-state index is 13.3. The summed E-state index contributed by atoms with van der Waals surface area (Å²) >= 11 is 0. The Morgan fingerprint density at radius 1 is 1.13 bits per heavy atom. The molecule has 164 valence electrons. The molecule has 0 saturated carbocycles. The van der Waals surface area contributed by atoms with Crippen LogP contribution in [0.3, 0.4) is 0 Å². The summed E-state index contributed by atoms with van der Waals surface area (Å²) < 4.78 is 20.3. The normalized spacial score (nSPS) is 14.6. The van der Waals surface area contributed by atoms with Crippen LogP contribution in [-0.2, 0) is 11.2 Å². The van der Waals surface area contributed by atoms with Gasteiger partial charge in [0.05, 0.1) is 13.2 Å². The SMILES string of the molecule is O=C(NCCc1nnc2ccc(NCCCN3CCOCC3)nn12)c1cccc(F)c1. The zero-order chi connectivity index (χ0) is 21.5. The average Bonchev–Trinajstić information content (AvgIpc) is 3.19. The van der Waals surface area contributed by atoms with Crippen LogP contribution in [-0.4, -0.2) is 76.6 Å². The van der Waals surface area contributed by atoms with Gasteiger partial charge in [-0.3, -0.25) is 9.69 Å². The summed E-state index contributed by atoms with van der Waals surface area (Å²) in [5, 5.41) is 19.0. The number of fused-ring (bicyclic) bond motifs is 1. The number of nitrogens with one attached hydrogen (secondary N) is 2. The summed E-state index contributed by atoms with van der Waals surface area (Å²) in [7, 11) is 0. The van der Waals surface area contributed by atoms with Gasteiger partial charge in [0.25, 0.3) is 5.91 Å². The maximum atomic E-state index is 13.3. The molecule has 9 nitrogen and oxygen atoms in total. The molecule has 2 N–H and O–H groups in total. The summed E-state index contributed by atoms with van der Waals surface area (Å²) in [6.45, 7) is 5.79. The first-order valence-electron chi connectivity index (χ1n) is 10.5. The van der Waals surface area contributed by atoms with Crippen LogP contribution in [0.2, 0.25) is 0 Å².